The molecule has 0 atom stereocenters. The van der Waals surface area contributed by atoms with Crippen molar-refractivity contribution in [1.29, 1.82) is 0 Å². The zero-order valence-electron chi connectivity index (χ0n) is 10.4. The number of piperidine rings is 1. The minimum atomic E-state index is -0.576. The van der Waals surface area contributed by atoms with E-state index in [0.29, 0.717) is 12.6 Å². The highest BCUT2D eigenvalue weighted by Crippen LogP contribution is 2.09. The van der Waals surface area contributed by atoms with Gasteiger partial charge in [0.25, 0.3) is 0 Å². The summed E-state index contributed by atoms with van der Waals surface area (Å²) in [5.41, 5.74) is 2.93. The van der Waals surface area contributed by atoms with Crippen LogP contribution >= 0.6 is 11.6 Å². The second-order valence-electron chi connectivity index (χ2n) is 3.96. The van der Waals surface area contributed by atoms with E-state index in [2.05, 4.69) is 22.4 Å². The fourth-order valence-corrected chi connectivity index (χ4v) is 1.87. The van der Waals surface area contributed by atoms with E-state index in [1.807, 2.05) is 0 Å². The van der Waals surface area contributed by atoms with Crippen LogP contribution in [0.15, 0.2) is 5.10 Å². The molecule has 1 rings (SSSR count). The Bertz CT molecular complexity index is 276. The molecule has 98 valence electrons. The second-order valence-corrected chi connectivity index (χ2v) is 4.32. The molecule has 0 aromatic carbocycles. The van der Waals surface area contributed by atoms with Crippen molar-refractivity contribution in [3.05, 3.63) is 0 Å². The summed E-state index contributed by atoms with van der Waals surface area (Å²) in [7, 11) is 0. The van der Waals surface area contributed by atoms with Gasteiger partial charge in [0.2, 0.25) is 5.17 Å². The molecule has 1 saturated heterocycles. The maximum atomic E-state index is 11.2. The van der Waals surface area contributed by atoms with Gasteiger partial charge in [-0.25, -0.2) is 4.79 Å². The molecule has 5 nitrogen and oxygen atoms in total. The molecule has 0 aromatic rings. The van der Waals surface area contributed by atoms with Gasteiger partial charge in [0, 0.05) is 19.1 Å². The normalized spacial score (nSPS) is 19.1. The van der Waals surface area contributed by atoms with Crippen molar-refractivity contribution in [2.75, 3.05) is 26.2 Å². The largest absolute Gasteiger partial charge is 0.461 e. The first kappa shape index (κ1) is 14.3. The van der Waals surface area contributed by atoms with Gasteiger partial charge in [-0.2, -0.15) is 5.10 Å². The van der Waals surface area contributed by atoms with E-state index < -0.39 is 5.97 Å². The zero-order valence-corrected chi connectivity index (χ0v) is 11.2. The summed E-state index contributed by atoms with van der Waals surface area (Å²) in [4.78, 5) is 13.6. The summed E-state index contributed by atoms with van der Waals surface area (Å²) >= 11 is 5.69. The molecule has 1 aliphatic heterocycles. The number of hydrazone groups is 1. The van der Waals surface area contributed by atoms with Crippen LogP contribution in [0.1, 0.15) is 26.7 Å². The lowest BCUT2D eigenvalue weighted by atomic mass is 10.1. The van der Waals surface area contributed by atoms with Crippen molar-refractivity contribution < 1.29 is 9.53 Å². The number of hydrogen-bond acceptors (Lipinski definition) is 5. The van der Waals surface area contributed by atoms with Crippen molar-refractivity contribution in [2.24, 2.45) is 5.10 Å². The van der Waals surface area contributed by atoms with Crippen molar-refractivity contribution >= 4 is 22.7 Å². The van der Waals surface area contributed by atoms with Crippen LogP contribution in [0.2, 0.25) is 0 Å². The minimum Gasteiger partial charge on any atom is -0.461 e. The SMILES string of the molecule is CCOC(=O)/C(Cl)=N/NC1CCN(CC)CC1. The zero-order chi connectivity index (χ0) is 12.7. The number of carbonyl (C=O) groups is 1. The van der Waals surface area contributed by atoms with Gasteiger partial charge in [0.1, 0.15) is 0 Å². The van der Waals surface area contributed by atoms with E-state index in [9.17, 15) is 4.79 Å². The predicted octanol–water partition coefficient (Wildman–Crippen LogP) is 1.18. The van der Waals surface area contributed by atoms with Crippen molar-refractivity contribution in [3.63, 3.8) is 0 Å². The third-order valence-electron chi connectivity index (χ3n) is 2.82. The van der Waals surface area contributed by atoms with Crippen molar-refractivity contribution in [2.45, 2.75) is 32.7 Å². The molecule has 6 heteroatoms. The predicted molar refractivity (Wildman–Crippen MR) is 68.2 cm³/mol. The second kappa shape index (κ2) is 7.50. The van der Waals surface area contributed by atoms with Crippen LogP contribution in [0.4, 0.5) is 0 Å². The number of nitrogens with zero attached hydrogens (tertiary/aromatic N) is 2. The van der Waals surface area contributed by atoms with E-state index in [-0.39, 0.29) is 5.17 Å². The fraction of sp³-hybridized carbons (Fsp3) is 0.818. The molecule has 0 aromatic heterocycles. The molecular weight excluding hydrogens is 242 g/mol. The minimum absolute atomic E-state index is 0.134. The van der Waals surface area contributed by atoms with Gasteiger partial charge >= 0.3 is 5.97 Å². The Morgan fingerprint density at radius 2 is 2.12 bits per heavy atom. The summed E-state index contributed by atoms with van der Waals surface area (Å²) in [5.74, 6) is -0.576. The topological polar surface area (TPSA) is 53.9 Å². The van der Waals surface area contributed by atoms with Gasteiger partial charge in [-0.05, 0) is 26.3 Å². The Morgan fingerprint density at radius 1 is 1.47 bits per heavy atom. The number of carbonyl (C=O) groups excluding carboxylic acids is 1. The number of esters is 1. The molecule has 0 bridgehead atoms. The van der Waals surface area contributed by atoms with E-state index >= 15 is 0 Å². The monoisotopic (exact) mass is 261 g/mol. The Labute approximate surface area is 107 Å². The Kier molecular flexibility index (Phi) is 6.29. The molecule has 1 fully saturated rings. The van der Waals surface area contributed by atoms with Crippen LogP contribution in [0.25, 0.3) is 0 Å². The van der Waals surface area contributed by atoms with Crippen LogP contribution in [0, 0.1) is 0 Å². The highest BCUT2D eigenvalue weighted by atomic mass is 35.5. The third kappa shape index (κ3) is 4.91. The first-order valence-corrected chi connectivity index (χ1v) is 6.43. The van der Waals surface area contributed by atoms with E-state index in [0.717, 1.165) is 32.5 Å². The number of nitrogens with one attached hydrogen (secondary N) is 1. The van der Waals surface area contributed by atoms with Crippen LogP contribution in [-0.4, -0.2) is 48.3 Å². The lowest BCUT2D eigenvalue weighted by Gasteiger charge is -2.30. The molecule has 1 heterocycles. The van der Waals surface area contributed by atoms with E-state index in [4.69, 9.17) is 16.3 Å². The average Bonchev–Trinajstić information content (AvgIpc) is 2.36. The van der Waals surface area contributed by atoms with Crippen LogP contribution in [-0.2, 0) is 9.53 Å². The summed E-state index contributed by atoms with van der Waals surface area (Å²) < 4.78 is 4.73. The molecule has 1 N–H and O–H groups in total. The summed E-state index contributed by atoms with van der Waals surface area (Å²) in [6.07, 6.45) is 2.04. The smallest absolute Gasteiger partial charge is 0.370 e. The van der Waals surface area contributed by atoms with Crippen LogP contribution in [0.3, 0.4) is 0 Å². The lowest BCUT2D eigenvalue weighted by molar-refractivity contribution is -0.134. The number of ether oxygens (including phenoxy) is 1. The summed E-state index contributed by atoms with van der Waals surface area (Å²) in [5, 5.41) is 3.72. The fourth-order valence-electron chi connectivity index (χ4n) is 1.76. The van der Waals surface area contributed by atoms with Crippen molar-refractivity contribution in [1.82, 2.24) is 10.3 Å². The molecule has 0 saturated carbocycles. The quantitative estimate of drug-likeness (QED) is 0.459. The first-order chi connectivity index (χ1) is 8.17. The highest BCUT2D eigenvalue weighted by Gasteiger charge is 2.18. The molecule has 1 aliphatic rings. The number of likely N-dealkylation sites (tertiary alicyclic amines) is 1. The number of halogens is 1. The molecule has 0 unspecified atom stereocenters. The van der Waals surface area contributed by atoms with Gasteiger partial charge in [-0.3, -0.25) is 0 Å². The molecule has 0 radical (unpaired) electrons. The average molecular weight is 262 g/mol. The third-order valence-corrected chi connectivity index (χ3v) is 3.06. The Hall–Kier alpha value is -0.810. The molecule has 0 spiro atoms. The van der Waals surface area contributed by atoms with Gasteiger partial charge in [-0.15, -0.1) is 0 Å². The number of rotatable bonds is 5. The van der Waals surface area contributed by atoms with E-state index in [1.54, 1.807) is 6.92 Å². The summed E-state index contributed by atoms with van der Waals surface area (Å²) in [6.45, 7) is 7.39. The van der Waals surface area contributed by atoms with E-state index in [1.165, 1.54) is 0 Å². The number of hydrogen-bond donors (Lipinski definition) is 1. The molecule has 17 heavy (non-hydrogen) atoms. The Morgan fingerprint density at radius 3 is 2.65 bits per heavy atom. The highest BCUT2D eigenvalue weighted by molar-refractivity contribution is 6.81. The van der Waals surface area contributed by atoms with Crippen LogP contribution < -0.4 is 5.43 Å². The molecular formula is C11H20ClN3O2. The van der Waals surface area contributed by atoms with Gasteiger partial charge in [-0.1, -0.05) is 18.5 Å². The van der Waals surface area contributed by atoms with Gasteiger partial charge in [0.15, 0.2) is 0 Å². The maximum absolute atomic E-state index is 11.2. The van der Waals surface area contributed by atoms with Gasteiger partial charge in [0.05, 0.1) is 6.61 Å². The Balaban J connectivity index is 2.30. The maximum Gasteiger partial charge on any atom is 0.370 e. The van der Waals surface area contributed by atoms with Gasteiger partial charge < -0.3 is 15.1 Å². The van der Waals surface area contributed by atoms with Crippen LogP contribution in [0.5, 0.6) is 0 Å². The standard InChI is InChI=1S/C11H20ClN3O2/c1-3-15-7-5-9(6-8-15)13-14-10(12)11(16)17-4-2/h9,13H,3-8H2,1-2H3/b14-10-. The first-order valence-electron chi connectivity index (χ1n) is 6.05. The lowest BCUT2D eigenvalue weighted by Crippen LogP contribution is -2.41. The van der Waals surface area contributed by atoms with Crippen molar-refractivity contribution in [3.8, 4) is 0 Å². The molecule has 0 amide bonds. The summed E-state index contributed by atoms with van der Waals surface area (Å²) in [6, 6.07) is 0.293. The molecule has 0 aliphatic carbocycles.